The van der Waals surface area contributed by atoms with E-state index in [1.54, 1.807) is 6.92 Å². The van der Waals surface area contributed by atoms with Crippen LogP contribution in [0.1, 0.15) is 30.0 Å². The van der Waals surface area contributed by atoms with E-state index in [9.17, 15) is 9.90 Å². The van der Waals surface area contributed by atoms with Gasteiger partial charge in [0.25, 0.3) is 0 Å². The molecule has 0 aliphatic carbocycles. The van der Waals surface area contributed by atoms with Crippen molar-refractivity contribution in [3.63, 3.8) is 0 Å². The number of carbonyl (C=O) groups is 1. The number of aliphatic hydroxyl groups is 1. The van der Waals surface area contributed by atoms with Crippen LogP contribution < -0.4 is 0 Å². The van der Waals surface area contributed by atoms with Crippen molar-refractivity contribution >= 4 is 5.97 Å². The molecule has 0 saturated carbocycles. The van der Waals surface area contributed by atoms with Gasteiger partial charge in [-0.15, -0.1) is 0 Å². The zero-order valence-corrected chi connectivity index (χ0v) is 12.4. The molecular weight excluding hydrogens is 264 g/mol. The number of benzene rings is 2. The lowest BCUT2D eigenvalue weighted by atomic mass is 9.83. The lowest BCUT2D eigenvalue weighted by molar-refractivity contribution is -0.147. The topological polar surface area (TPSA) is 46.5 Å². The third-order valence-corrected chi connectivity index (χ3v) is 3.49. The molecule has 0 saturated heterocycles. The Morgan fingerprint density at radius 2 is 1.62 bits per heavy atom. The molecule has 0 aromatic heterocycles. The van der Waals surface area contributed by atoms with Crippen molar-refractivity contribution in [2.45, 2.75) is 25.9 Å². The first-order chi connectivity index (χ1) is 10.1. The van der Waals surface area contributed by atoms with Gasteiger partial charge in [-0.3, -0.25) is 4.79 Å². The van der Waals surface area contributed by atoms with E-state index in [0.717, 1.165) is 5.56 Å². The van der Waals surface area contributed by atoms with E-state index in [1.165, 1.54) is 0 Å². The van der Waals surface area contributed by atoms with Crippen LogP contribution in [-0.4, -0.2) is 17.7 Å². The molecule has 0 spiro atoms. The Morgan fingerprint density at radius 1 is 1.05 bits per heavy atom. The number of ether oxygens (including phenoxy) is 1. The molecule has 0 aliphatic heterocycles. The third kappa shape index (κ3) is 3.50. The standard InChI is InChI=1S/C18H20O3/c1-3-21-17(19)13-18(20,15-7-5-4-6-8-15)16-11-9-14(2)10-12-16/h4-12,20H,3,13H2,1-2H3/t18-/m0/s1. The van der Waals surface area contributed by atoms with Crippen LogP contribution in [0.25, 0.3) is 0 Å². The predicted octanol–water partition coefficient (Wildman–Crippen LogP) is 3.18. The van der Waals surface area contributed by atoms with Crippen LogP contribution in [0.3, 0.4) is 0 Å². The minimum Gasteiger partial charge on any atom is -0.466 e. The van der Waals surface area contributed by atoms with Gasteiger partial charge in [-0.05, 0) is 25.0 Å². The van der Waals surface area contributed by atoms with Crippen LogP contribution in [0.4, 0.5) is 0 Å². The second-order valence-electron chi connectivity index (χ2n) is 5.07. The molecule has 0 bridgehead atoms. The fourth-order valence-corrected chi connectivity index (χ4v) is 2.33. The van der Waals surface area contributed by atoms with E-state index < -0.39 is 11.6 Å². The highest BCUT2D eigenvalue weighted by molar-refractivity contribution is 5.72. The van der Waals surface area contributed by atoms with Gasteiger partial charge in [-0.25, -0.2) is 0 Å². The summed E-state index contributed by atoms with van der Waals surface area (Å²) in [4.78, 5) is 11.9. The summed E-state index contributed by atoms with van der Waals surface area (Å²) in [7, 11) is 0. The Balaban J connectivity index is 2.43. The first-order valence-electron chi connectivity index (χ1n) is 7.07. The molecule has 21 heavy (non-hydrogen) atoms. The SMILES string of the molecule is CCOC(=O)C[C@](O)(c1ccccc1)c1ccc(C)cc1. The number of aryl methyl sites for hydroxylation is 1. The summed E-state index contributed by atoms with van der Waals surface area (Å²) in [6.07, 6.45) is -0.103. The predicted molar refractivity (Wildman–Crippen MR) is 81.9 cm³/mol. The van der Waals surface area contributed by atoms with Gasteiger partial charge >= 0.3 is 5.97 Å². The number of hydrogen-bond donors (Lipinski definition) is 1. The Morgan fingerprint density at radius 3 is 2.19 bits per heavy atom. The van der Waals surface area contributed by atoms with Crippen LogP contribution in [0.5, 0.6) is 0 Å². The van der Waals surface area contributed by atoms with Gasteiger partial charge in [0.05, 0.1) is 13.0 Å². The van der Waals surface area contributed by atoms with Crippen molar-refractivity contribution in [1.82, 2.24) is 0 Å². The average molecular weight is 284 g/mol. The van der Waals surface area contributed by atoms with Crippen LogP contribution in [0.2, 0.25) is 0 Å². The normalized spacial score (nSPS) is 13.5. The minimum atomic E-state index is -1.37. The molecule has 0 amide bonds. The van der Waals surface area contributed by atoms with E-state index in [2.05, 4.69) is 0 Å². The summed E-state index contributed by atoms with van der Waals surface area (Å²) < 4.78 is 5.01. The molecule has 1 N–H and O–H groups in total. The van der Waals surface area contributed by atoms with Crippen molar-refractivity contribution in [1.29, 1.82) is 0 Å². The summed E-state index contributed by atoms with van der Waals surface area (Å²) in [6.45, 7) is 4.04. The van der Waals surface area contributed by atoms with Gasteiger partial charge < -0.3 is 9.84 Å². The molecule has 2 aromatic rings. The van der Waals surface area contributed by atoms with Crippen molar-refractivity contribution in [3.05, 3.63) is 71.3 Å². The fraction of sp³-hybridized carbons (Fsp3) is 0.278. The Hall–Kier alpha value is -2.13. The zero-order valence-electron chi connectivity index (χ0n) is 12.4. The van der Waals surface area contributed by atoms with Gasteiger partial charge in [0.2, 0.25) is 0 Å². The van der Waals surface area contributed by atoms with E-state index in [0.29, 0.717) is 17.7 Å². The molecule has 2 rings (SSSR count). The first-order valence-corrected chi connectivity index (χ1v) is 7.07. The van der Waals surface area contributed by atoms with Crippen LogP contribution in [-0.2, 0) is 15.1 Å². The Kier molecular flexibility index (Phi) is 4.76. The van der Waals surface area contributed by atoms with Crippen molar-refractivity contribution in [2.24, 2.45) is 0 Å². The zero-order chi connectivity index (χ0) is 15.3. The quantitative estimate of drug-likeness (QED) is 0.858. The first kappa shape index (κ1) is 15.3. The second kappa shape index (κ2) is 6.55. The van der Waals surface area contributed by atoms with Gasteiger partial charge in [-0.2, -0.15) is 0 Å². The lowest BCUT2D eigenvalue weighted by Gasteiger charge is -2.28. The maximum Gasteiger partial charge on any atom is 0.309 e. The molecule has 2 aromatic carbocycles. The molecular formula is C18H20O3. The molecule has 0 unspecified atom stereocenters. The van der Waals surface area contributed by atoms with E-state index in [1.807, 2.05) is 61.5 Å². The lowest BCUT2D eigenvalue weighted by Crippen LogP contribution is -2.31. The highest BCUT2D eigenvalue weighted by Gasteiger charge is 2.34. The average Bonchev–Trinajstić information content (AvgIpc) is 2.49. The van der Waals surface area contributed by atoms with E-state index in [4.69, 9.17) is 4.74 Å². The second-order valence-corrected chi connectivity index (χ2v) is 5.07. The third-order valence-electron chi connectivity index (χ3n) is 3.49. The van der Waals surface area contributed by atoms with Gasteiger partial charge in [0.15, 0.2) is 0 Å². The maximum atomic E-state index is 11.9. The van der Waals surface area contributed by atoms with Gasteiger partial charge in [0, 0.05) is 0 Å². The summed E-state index contributed by atoms with van der Waals surface area (Å²) in [5, 5.41) is 11.1. The van der Waals surface area contributed by atoms with Crippen molar-refractivity contribution < 1.29 is 14.6 Å². The Bertz CT molecular complexity index is 590. The number of rotatable bonds is 5. The van der Waals surface area contributed by atoms with Crippen LogP contribution in [0, 0.1) is 6.92 Å². The van der Waals surface area contributed by atoms with Gasteiger partial charge in [-0.1, -0.05) is 60.2 Å². The number of carbonyl (C=O) groups excluding carboxylic acids is 1. The molecule has 3 heteroatoms. The molecule has 0 aliphatic rings. The summed E-state index contributed by atoms with van der Waals surface area (Å²) in [5.41, 5.74) is 1.10. The summed E-state index contributed by atoms with van der Waals surface area (Å²) in [6, 6.07) is 16.8. The van der Waals surface area contributed by atoms with Crippen LogP contribution in [0.15, 0.2) is 54.6 Å². The number of hydrogen-bond acceptors (Lipinski definition) is 3. The number of esters is 1. The maximum absolute atomic E-state index is 11.9. The molecule has 1 atom stereocenters. The van der Waals surface area contributed by atoms with Crippen molar-refractivity contribution in [3.8, 4) is 0 Å². The molecule has 3 nitrogen and oxygen atoms in total. The molecule has 110 valence electrons. The smallest absolute Gasteiger partial charge is 0.309 e. The molecule has 0 radical (unpaired) electrons. The monoisotopic (exact) mass is 284 g/mol. The van der Waals surface area contributed by atoms with Crippen molar-refractivity contribution in [2.75, 3.05) is 6.61 Å². The minimum absolute atomic E-state index is 0.103. The van der Waals surface area contributed by atoms with E-state index >= 15 is 0 Å². The molecule has 0 fully saturated rings. The van der Waals surface area contributed by atoms with Crippen LogP contribution >= 0.6 is 0 Å². The fourth-order valence-electron chi connectivity index (χ4n) is 2.33. The molecule has 0 heterocycles. The summed E-state index contributed by atoms with van der Waals surface area (Å²) >= 11 is 0. The van der Waals surface area contributed by atoms with E-state index in [-0.39, 0.29) is 6.42 Å². The highest BCUT2D eigenvalue weighted by Crippen LogP contribution is 2.33. The summed E-state index contributed by atoms with van der Waals surface area (Å²) in [5.74, 6) is -0.413. The largest absolute Gasteiger partial charge is 0.466 e. The van der Waals surface area contributed by atoms with Gasteiger partial charge in [0.1, 0.15) is 5.60 Å². The Labute approximate surface area is 125 Å². The highest BCUT2D eigenvalue weighted by atomic mass is 16.5.